The maximum atomic E-state index is 13.8. The van der Waals surface area contributed by atoms with E-state index in [1.807, 2.05) is 0 Å². The monoisotopic (exact) mass is 328 g/mol. The van der Waals surface area contributed by atoms with Crippen molar-refractivity contribution in [1.29, 1.82) is 0 Å². The van der Waals surface area contributed by atoms with E-state index in [4.69, 9.17) is 23.2 Å². The van der Waals surface area contributed by atoms with E-state index in [0.29, 0.717) is 18.2 Å². The van der Waals surface area contributed by atoms with E-state index >= 15 is 0 Å². The fourth-order valence-electron chi connectivity index (χ4n) is 3.40. The number of imidazole rings is 1. The molecular weight excluding hydrogens is 310 g/mol. The van der Waals surface area contributed by atoms with Gasteiger partial charge in [-0.25, -0.2) is 9.37 Å². The van der Waals surface area contributed by atoms with Gasteiger partial charge in [0.05, 0.1) is 16.1 Å². The van der Waals surface area contributed by atoms with E-state index in [0.717, 1.165) is 29.3 Å². The molecule has 1 aliphatic rings. The summed E-state index contributed by atoms with van der Waals surface area (Å²) in [7, 11) is 0. The summed E-state index contributed by atoms with van der Waals surface area (Å²) in [5.74, 6) is 2.49. The second-order valence-corrected chi connectivity index (χ2v) is 6.90. The summed E-state index contributed by atoms with van der Waals surface area (Å²) in [6.07, 6.45) is 4.44. The van der Waals surface area contributed by atoms with Crippen molar-refractivity contribution in [2.45, 2.75) is 39.2 Å². The van der Waals surface area contributed by atoms with E-state index in [9.17, 15) is 4.39 Å². The molecule has 3 rings (SSSR count). The summed E-state index contributed by atoms with van der Waals surface area (Å²) in [4.78, 5) is 4.59. The summed E-state index contributed by atoms with van der Waals surface area (Å²) < 4.78 is 15.9. The minimum atomic E-state index is -0.387. The first-order chi connectivity index (χ1) is 10.1. The van der Waals surface area contributed by atoms with Crippen LogP contribution in [0.2, 0.25) is 5.02 Å². The molecule has 0 radical (unpaired) electrons. The first kappa shape index (κ1) is 15.1. The fourth-order valence-corrected chi connectivity index (χ4v) is 3.73. The number of nitrogens with zero attached hydrogens (tertiary/aromatic N) is 2. The third-order valence-electron chi connectivity index (χ3n) is 4.43. The predicted molar refractivity (Wildman–Crippen MR) is 85.6 cm³/mol. The Balaban J connectivity index is 2.00. The van der Waals surface area contributed by atoms with Crippen molar-refractivity contribution in [3.05, 3.63) is 28.8 Å². The Morgan fingerprint density at radius 1 is 1.38 bits per heavy atom. The average Bonchev–Trinajstić information content (AvgIpc) is 2.97. The van der Waals surface area contributed by atoms with Crippen LogP contribution in [0.25, 0.3) is 11.0 Å². The Labute approximate surface area is 134 Å². The number of hydrogen-bond donors (Lipinski definition) is 0. The molecule has 0 aliphatic heterocycles. The highest BCUT2D eigenvalue weighted by atomic mass is 35.5. The Hall–Kier alpha value is -0.800. The van der Waals surface area contributed by atoms with Gasteiger partial charge in [-0.05, 0) is 30.7 Å². The molecule has 0 spiro atoms. The standard InChI is InChI=1S/C16H19Cl2FN2/c1-10-2-3-11(6-10)9-21-15-8-13(19)12(18)7-14(15)20-16(21)4-5-17/h7-8,10-11H,2-6,9H2,1H3. The smallest absolute Gasteiger partial charge is 0.144 e. The zero-order valence-corrected chi connectivity index (χ0v) is 13.6. The quantitative estimate of drug-likeness (QED) is 0.718. The summed E-state index contributed by atoms with van der Waals surface area (Å²) in [5, 5.41) is 0.124. The second kappa shape index (κ2) is 6.13. The van der Waals surface area contributed by atoms with Crippen molar-refractivity contribution in [2.75, 3.05) is 5.88 Å². The van der Waals surface area contributed by atoms with Crippen molar-refractivity contribution in [3.63, 3.8) is 0 Å². The number of alkyl halides is 1. The lowest BCUT2D eigenvalue weighted by Crippen LogP contribution is -2.11. The third kappa shape index (κ3) is 3.04. The molecule has 1 aromatic carbocycles. The molecule has 0 saturated heterocycles. The average molecular weight is 329 g/mol. The summed E-state index contributed by atoms with van der Waals surface area (Å²) in [6.45, 7) is 3.19. The molecule has 0 amide bonds. The lowest BCUT2D eigenvalue weighted by molar-refractivity contribution is 0.439. The van der Waals surface area contributed by atoms with Crippen molar-refractivity contribution < 1.29 is 4.39 Å². The SMILES string of the molecule is CC1CCC(Cn2c(CCCl)nc3cc(Cl)c(F)cc32)C1. The first-order valence-corrected chi connectivity index (χ1v) is 8.40. The molecule has 1 aliphatic carbocycles. The van der Waals surface area contributed by atoms with Crippen LogP contribution >= 0.6 is 23.2 Å². The zero-order valence-electron chi connectivity index (χ0n) is 12.1. The van der Waals surface area contributed by atoms with Gasteiger partial charge in [-0.1, -0.05) is 24.9 Å². The minimum Gasteiger partial charge on any atom is -0.328 e. The molecule has 1 fully saturated rings. The Bertz CT molecular complexity index is 653. The molecule has 0 bridgehead atoms. The minimum absolute atomic E-state index is 0.124. The van der Waals surface area contributed by atoms with E-state index < -0.39 is 0 Å². The third-order valence-corrected chi connectivity index (χ3v) is 4.91. The molecular formula is C16H19Cl2FN2. The molecule has 1 heterocycles. The summed E-state index contributed by atoms with van der Waals surface area (Å²) >= 11 is 11.7. The number of rotatable bonds is 4. The van der Waals surface area contributed by atoms with Crippen LogP contribution in [0, 0.1) is 17.7 Å². The van der Waals surface area contributed by atoms with Crippen LogP contribution in [0.4, 0.5) is 4.39 Å². The number of benzene rings is 1. The van der Waals surface area contributed by atoms with Gasteiger partial charge in [0.1, 0.15) is 11.6 Å². The predicted octanol–water partition coefficient (Wildman–Crippen LogP) is 5.05. The Kier molecular flexibility index (Phi) is 4.41. The maximum absolute atomic E-state index is 13.8. The highest BCUT2D eigenvalue weighted by Crippen LogP contribution is 2.33. The molecule has 0 N–H and O–H groups in total. The molecule has 1 saturated carbocycles. The number of halogens is 3. The number of aryl methyl sites for hydroxylation is 1. The van der Waals surface area contributed by atoms with Gasteiger partial charge < -0.3 is 4.57 Å². The van der Waals surface area contributed by atoms with Gasteiger partial charge in [-0.2, -0.15) is 0 Å². The second-order valence-electron chi connectivity index (χ2n) is 6.12. The highest BCUT2D eigenvalue weighted by molar-refractivity contribution is 6.31. The van der Waals surface area contributed by atoms with Crippen LogP contribution in [-0.4, -0.2) is 15.4 Å². The lowest BCUT2D eigenvalue weighted by Gasteiger charge is -2.14. The maximum Gasteiger partial charge on any atom is 0.144 e. The van der Waals surface area contributed by atoms with Crippen LogP contribution in [0.1, 0.15) is 32.0 Å². The van der Waals surface area contributed by atoms with Crippen molar-refractivity contribution in [2.24, 2.45) is 11.8 Å². The molecule has 2 unspecified atom stereocenters. The summed E-state index contributed by atoms with van der Waals surface area (Å²) in [5.41, 5.74) is 1.59. The van der Waals surface area contributed by atoms with Crippen LogP contribution in [0.5, 0.6) is 0 Å². The van der Waals surface area contributed by atoms with Crippen molar-refractivity contribution in [1.82, 2.24) is 9.55 Å². The fraction of sp³-hybridized carbons (Fsp3) is 0.562. The Morgan fingerprint density at radius 2 is 2.19 bits per heavy atom. The number of aromatic nitrogens is 2. The van der Waals surface area contributed by atoms with Gasteiger partial charge in [-0.15, -0.1) is 11.6 Å². The van der Waals surface area contributed by atoms with Gasteiger partial charge in [0, 0.05) is 24.9 Å². The molecule has 21 heavy (non-hydrogen) atoms. The Morgan fingerprint density at radius 3 is 2.86 bits per heavy atom. The van der Waals surface area contributed by atoms with E-state index in [1.165, 1.54) is 25.3 Å². The molecule has 1 aromatic heterocycles. The van der Waals surface area contributed by atoms with Crippen LogP contribution in [0.15, 0.2) is 12.1 Å². The van der Waals surface area contributed by atoms with Gasteiger partial charge in [0.2, 0.25) is 0 Å². The van der Waals surface area contributed by atoms with E-state index in [-0.39, 0.29) is 10.8 Å². The van der Waals surface area contributed by atoms with Gasteiger partial charge >= 0.3 is 0 Å². The molecule has 2 atom stereocenters. The number of hydrogen-bond acceptors (Lipinski definition) is 1. The van der Waals surface area contributed by atoms with Crippen LogP contribution < -0.4 is 0 Å². The largest absolute Gasteiger partial charge is 0.328 e. The van der Waals surface area contributed by atoms with Gasteiger partial charge in [0.15, 0.2) is 0 Å². The van der Waals surface area contributed by atoms with E-state index in [1.54, 1.807) is 6.07 Å². The summed E-state index contributed by atoms with van der Waals surface area (Å²) in [6, 6.07) is 3.11. The first-order valence-electron chi connectivity index (χ1n) is 7.48. The van der Waals surface area contributed by atoms with Crippen molar-refractivity contribution in [3.8, 4) is 0 Å². The van der Waals surface area contributed by atoms with Gasteiger partial charge in [-0.3, -0.25) is 0 Å². The zero-order chi connectivity index (χ0) is 15.0. The van der Waals surface area contributed by atoms with E-state index in [2.05, 4.69) is 16.5 Å². The topological polar surface area (TPSA) is 17.8 Å². The van der Waals surface area contributed by atoms with Crippen molar-refractivity contribution >= 4 is 34.2 Å². The van der Waals surface area contributed by atoms with Crippen LogP contribution in [-0.2, 0) is 13.0 Å². The molecule has 2 aromatic rings. The number of fused-ring (bicyclic) bond motifs is 1. The lowest BCUT2D eigenvalue weighted by atomic mass is 10.1. The van der Waals surface area contributed by atoms with Gasteiger partial charge in [0.25, 0.3) is 0 Å². The molecule has 2 nitrogen and oxygen atoms in total. The molecule has 114 valence electrons. The normalized spacial score (nSPS) is 22.3. The highest BCUT2D eigenvalue weighted by Gasteiger charge is 2.23. The molecule has 5 heteroatoms. The van der Waals surface area contributed by atoms with Crippen LogP contribution in [0.3, 0.4) is 0 Å².